The topological polar surface area (TPSA) is 71.5 Å². The lowest BCUT2D eigenvalue weighted by molar-refractivity contribution is 0.0701. The maximum Gasteiger partial charge on any atom is 0.347 e. The molecule has 1 aromatic carbocycles. The lowest BCUT2D eigenvalue weighted by Crippen LogP contribution is -1.99. The van der Waals surface area contributed by atoms with E-state index in [1.165, 1.54) is 0 Å². The van der Waals surface area contributed by atoms with E-state index in [2.05, 4.69) is 10.3 Å². The van der Waals surface area contributed by atoms with Crippen LogP contribution in [0.5, 0.6) is 5.75 Å². The van der Waals surface area contributed by atoms with Crippen LogP contribution in [-0.4, -0.2) is 23.2 Å². The molecule has 100 valence electrons. The highest BCUT2D eigenvalue weighted by Gasteiger charge is 2.13. The lowest BCUT2D eigenvalue weighted by atomic mass is 10.2. The summed E-state index contributed by atoms with van der Waals surface area (Å²) in [4.78, 5) is 15.4. The van der Waals surface area contributed by atoms with Gasteiger partial charge < -0.3 is 15.2 Å². The molecule has 0 saturated heterocycles. The first kappa shape index (κ1) is 13.4. The van der Waals surface area contributed by atoms with Crippen molar-refractivity contribution in [1.82, 2.24) is 4.98 Å². The zero-order chi connectivity index (χ0) is 13.8. The first-order chi connectivity index (χ1) is 9.10. The molecule has 0 atom stereocenters. The van der Waals surface area contributed by atoms with Gasteiger partial charge in [-0.1, -0.05) is 23.5 Å². The molecule has 0 aliphatic heterocycles. The fraction of sp³-hybridized carbons (Fsp3) is 0.231. The highest BCUT2D eigenvalue weighted by atomic mass is 32.1. The third-order valence-corrected chi connectivity index (χ3v) is 3.67. The molecule has 6 heteroatoms. The first-order valence-electron chi connectivity index (χ1n) is 5.67. The van der Waals surface area contributed by atoms with Crippen molar-refractivity contribution in [1.29, 1.82) is 0 Å². The largest absolute Gasteiger partial charge is 0.497 e. The second kappa shape index (κ2) is 5.71. The average molecular weight is 278 g/mol. The normalized spacial score (nSPS) is 10.2. The van der Waals surface area contributed by atoms with Gasteiger partial charge in [-0.05, 0) is 24.6 Å². The van der Waals surface area contributed by atoms with E-state index in [-0.39, 0.29) is 4.88 Å². The molecule has 2 N–H and O–H groups in total. The molecule has 19 heavy (non-hydrogen) atoms. The molecule has 0 unspecified atom stereocenters. The Bertz CT molecular complexity index is 595. The maximum absolute atomic E-state index is 10.9. The molecule has 0 radical (unpaired) electrons. The highest BCUT2D eigenvalue weighted by molar-refractivity contribution is 7.17. The Balaban J connectivity index is 2.06. The predicted octanol–water partition coefficient (Wildman–Crippen LogP) is 2.77. The molecule has 0 aliphatic carbocycles. The molecule has 0 spiro atoms. The van der Waals surface area contributed by atoms with Gasteiger partial charge in [0.25, 0.3) is 0 Å². The number of aromatic nitrogens is 1. The van der Waals surface area contributed by atoms with Gasteiger partial charge in [0.2, 0.25) is 0 Å². The number of benzene rings is 1. The molecule has 0 bridgehead atoms. The number of thiazole rings is 1. The van der Waals surface area contributed by atoms with Crippen molar-refractivity contribution in [2.45, 2.75) is 13.5 Å². The van der Waals surface area contributed by atoms with Crippen molar-refractivity contribution < 1.29 is 14.6 Å². The number of aryl methyl sites for hydroxylation is 1. The van der Waals surface area contributed by atoms with Crippen molar-refractivity contribution >= 4 is 22.4 Å². The monoisotopic (exact) mass is 278 g/mol. The number of rotatable bonds is 5. The Kier molecular flexibility index (Phi) is 4.01. The number of hydrogen-bond acceptors (Lipinski definition) is 5. The van der Waals surface area contributed by atoms with Gasteiger partial charge in [0.05, 0.1) is 12.8 Å². The summed E-state index contributed by atoms with van der Waals surface area (Å²) < 4.78 is 5.14. The van der Waals surface area contributed by atoms with Crippen LogP contribution in [0.1, 0.15) is 20.9 Å². The van der Waals surface area contributed by atoms with Crippen LogP contribution in [0.25, 0.3) is 0 Å². The van der Waals surface area contributed by atoms with Crippen LogP contribution in [0.15, 0.2) is 24.3 Å². The zero-order valence-electron chi connectivity index (χ0n) is 10.6. The summed E-state index contributed by atoms with van der Waals surface area (Å²) in [6, 6.07) is 7.67. The van der Waals surface area contributed by atoms with Gasteiger partial charge in [-0.15, -0.1) is 0 Å². The van der Waals surface area contributed by atoms with Gasteiger partial charge in [-0.3, -0.25) is 0 Å². The predicted molar refractivity (Wildman–Crippen MR) is 74.1 cm³/mol. The Morgan fingerprint density at radius 1 is 1.53 bits per heavy atom. The van der Waals surface area contributed by atoms with Crippen molar-refractivity contribution in [3.05, 3.63) is 40.4 Å². The number of nitrogens with one attached hydrogen (secondary N) is 1. The SMILES string of the molecule is COc1cccc(CNc2nc(C)c(C(=O)O)s2)c1. The van der Waals surface area contributed by atoms with E-state index in [1.54, 1.807) is 14.0 Å². The van der Waals surface area contributed by atoms with Gasteiger partial charge in [0, 0.05) is 6.54 Å². The fourth-order valence-electron chi connectivity index (χ4n) is 1.63. The van der Waals surface area contributed by atoms with Crippen molar-refractivity contribution in [3.63, 3.8) is 0 Å². The van der Waals surface area contributed by atoms with Gasteiger partial charge in [0.1, 0.15) is 10.6 Å². The highest BCUT2D eigenvalue weighted by Crippen LogP contribution is 2.23. The molecule has 1 heterocycles. The number of carbonyl (C=O) groups is 1. The van der Waals surface area contributed by atoms with E-state index < -0.39 is 5.97 Å². The Labute approximate surface area is 114 Å². The zero-order valence-corrected chi connectivity index (χ0v) is 11.5. The summed E-state index contributed by atoms with van der Waals surface area (Å²) in [7, 11) is 1.62. The third-order valence-electron chi connectivity index (χ3n) is 2.57. The number of hydrogen-bond donors (Lipinski definition) is 2. The minimum atomic E-state index is -0.940. The summed E-state index contributed by atoms with van der Waals surface area (Å²) in [5.41, 5.74) is 1.58. The van der Waals surface area contributed by atoms with E-state index in [4.69, 9.17) is 9.84 Å². The second-order valence-corrected chi connectivity index (χ2v) is 4.94. The Morgan fingerprint density at radius 3 is 2.95 bits per heavy atom. The summed E-state index contributed by atoms with van der Waals surface area (Å²) in [5.74, 6) is -0.148. The molecule has 0 saturated carbocycles. The van der Waals surface area contributed by atoms with E-state index in [1.807, 2.05) is 24.3 Å². The van der Waals surface area contributed by atoms with E-state index in [9.17, 15) is 4.79 Å². The quantitative estimate of drug-likeness (QED) is 0.880. The first-order valence-corrected chi connectivity index (χ1v) is 6.49. The number of aromatic carboxylic acids is 1. The second-order valence-electron chi connectivity index (χ2n) is 3.94. The Hall–Kier alpha value is -2.08. The maximum atomic E-state index is 10.9. The van der Waals surface area contributed by atoms with Crippen molar-refractivity contribution in [3.8, 4) is 5.75 Å². The number of carboxylic acids is 1. The van der Waals surface area contributed by atoms with Gasteiger partial charge >= 0.3 is 5.97 Å². The molecule has 2 rings (SSSR count). The van der Waals surface area contributed by atoms with Crippen molar-refractivity contribution in [2.24, 2.45) is 0 Å². The number of nitrogens with zero attached hydrogens (tertiary/aromatic N) is 1. The molecule has 2 aromatic rings. The molecule has 0 fully saturated rings. The summed E-state index contributed by atoms with van der Waals surface area (Å²) in [5, 5.41) is 12.7. The average Bonchev–Trinajstić information content (AvgIpc) is 2.78. The van der Waals surface area contributed by atoms with Crippen molar-refractivity contribution in [2.75, 3.05) is 12.4 Å². The molecule has 0 amide bonds. The van der Waals surface area contributed by atoms with Crippen LogP contribution < -0.4 is 10.1 Å². The van der Waals surface area contributed by atoms with E-state index in [0.29, 0.717) is 17.4 Å². The number of carboxylic acid groups (broad SMARTS) is 1. The minimum absolute atomic E-state index is 0.271. The van der Waals surface area contributed by atoms with Crippen LogP contribution in [0, 0.1) is 6.92 Å². The number of ether oxygens (including phenoxy) is 1. The van der Waals surface area contributed by atoms with E-state index in [0.717, 1.165) is 22.6 Å². The van der Waals surface area contributed by atoms with Crippen LogP contribution in [-0.2, 0) is 6.54 Å². The van der Waals surface area contributed by atoms with Gasteiger partial charge in [-0.25, -0.2) is 9.78 Å². The summed E-state index contributed by atoms with van der Waals surface area (Å²) in [6.07, 6.45) is 0. The summed E-state index contributed by atoms with van der Waals surface area (Å²) >= 11 is 1.14. The van der Waals surface area contributed by atoms with Gasteiger partial charge in [-0.2, -0.15) is 0 Å². The number of anilines is 1. The molecule has 0 aliphatic rings. The molecular formula is C13H14N2O3S. The molecule has 5 nitrogen and oxygen atoms in total. The number of methoxy groups -OCH3 is 1. The Morgan fingerprint density at radius 2 is 2.32 bits per heavy atom. The standard InChI is InChI=1S/C13H14N2O3S/c1-8-11(12(16)17)19-13(15-8)14-7-9-4-3-5-10(6-9)18-2/h3-6H,7H2,1-2H3,(H,14,15)(H,16,17). The van der Waals surface area contributed by atoms with Crippen LogP contribution in [0.4, 0.5) is 5.13 Å². The summed E-state index contributed by atoms with van der Waals surface area (Å²) in [6.45, 7) is 2.26. The van der Waals surface area contributed by atoms with Crippen LogP contribution in [0.2, 0.25) is 0 Å². The fourth-order valence-corrected chi connectivity index (χ4v) is 2.43. The van der Waals surface area contributed by atoms with Gasteiger partial charge in [0.15, 0.2) is 5.13 Å². The smallest absolute Gasteiger partial charge is 0.347 e. The molecular weight excluding hydrogens is 264 g/mol. The van der Waals surface area contributed by atoms with Crippen LogP contribution in [0.3, 0.4) is 0 Å². The molecule has 1 aromatic heterocycles. The van der Waals surface area contributed by atoms with E-state index >= 15 is 0 Å². The third kappa shape index (κ3) is 3.23. The lowest BCUT2D eigenvalue weighted by Gasteiger charge is -2.05. The minimum Gasteiger partial charge on any atom is -0.497 e. The van der Waals surface area contributed by atoms with Crippen LogP contribution >= 0.6 is 11.3 Å².